The van der Waals surface area contributed by atoms with Crippen molar-refractivity contribution in [2.75, 3.05) is 17.2 Å². The summed E-state index contributed by atoms with van der Waals surface area (Å²) in [6, 6.07) is 18.6. The number of rotatable bonds is 7. The molecule has 0 spiro atoms. The fraction of sp³-hybridized carbons (Fsp3) is 0.136. The number of aryl methyl sites for hydroxylation is 1. The highest BCUT2D eigenvalue weighted by molar-refractivity contribution is 9.10. The van der Waals surface area contributed by atoms with Crippen molar-refractivity contribution in [3.05, 3.63) is 86.3 Å². The van der Waals surface area contributed by atoms with Gasteiger partial charge < -0.3 is 15.4 Å². The topological polar surface area (TPSA) is 50.4 Å². The fourth-order valence-electron chi connectivity index (χ4n) is 2.63. The Bertz CT molecular complexity index is 1030. The van der Waals surface area contributed by atoms with Crippen molar-refractivity contribution in [1.82, 2.24) is 0 Å². The first-order valence-corrected chi connectivity index (χ1v) is 10.4. The van der Waals surface area contributed by atoms with Gasteiger partial charge in [-0.15, -0.1) is 0 Å². The van der Waals surface area contributed by atoms with Crippen molar-refractivity contribution < 1.29 is 9.53 Å². The molecular weight excluding hydrogens is 475 g/mol. The number of halogens is 3. The molecule has 0 heterocycles. The first-order valence-electron chi connectivity index (χ1n) is 8.87. The van der Waals surface area contributed by atoms with E-state index < -0.39 is 0 Å². The van der Waals surface area contributed by atoms with E-state index >= 15 is 0 Å². The van der Waals surface area contributed by atoms with E-state index in [2.05, 4.69) is 26.6 Å². The molecule has 0 atom stereocenters. The maximum absolute atomic E-state index is 12.2. The molecule has 29 heavy (non-hydrogen) atoms. The van der Waals surface area contributed by atoms with Gasteiger partial charge in [0.15, 0.2) is 6.61 Å². The third-order valence-electron chi connectivity index (χ3n) is 4.15. The molecule has 0 saturated carbocycles. The third kappa shape index (κ3) is 6.39. The minimum Gasteiger partial charge on any atom is -0.483 e. The summed E-state index contributed by atoms with van der Waals surface area (Å²) >= 11 is 15.5. The third-order valence-corrected chi connectivity index (χ3v) is 5.24. The number of hydrogen-bond donors (Lipinski definition) is 2. The van der Waals surface area contributed by atoms with Gasteiger partial charge in [0.25, 0.3) is 5.91 Å². The van der Waals surface area contributed by atoms with Gasteiger partial charge in [0.2, 0.25) is 0 Å². The predicted octanol–water partition coefficient (Wildman–Crippen LogP) is 6.69. The largest absolute Gasteiger partial charge is 0.483 e. The number of amides is 1. The Morgan fingerprint density at radius 3 is 2.59 bits per heavy atom. The number of nitrogens with one attached hydrogen (secondary N) is 2. The van der Waals surface area contributed by atoms with Crippen LogP contribution >= 0.6 is 39.1 Å². The average molecular weight is 494 g/mol. The molecule has 3 aromatic rings. The van der Waals surface area contributed by atoms with Gasteiger partial charge in [0.05, 0.1) is 4.47 Å². The molecule has 3 aromatic carbocycles. The van der Waals surface area contributed by atoms with E-state index in [1.54, 1.807) is 12.1 Å². The summed E-state index contributed by atoms with van der Waals surface area (Å²) in [5.41, 5.74) is 3.61. The minimum absolute atomic E-state index is 0.106. The monoisotopic (exact) mass is 492 g/mol. The summed E-state index contributed by atoms with van der Waals surface area (Å²) in [6.45, 7) is 2.43. The number of carbonyl (C=O) groups is 1. The van der Waals surface area contributed by atoms with Gasteiger partial charge in [0.1, 0.15) is 5.75 Å². The van der Waals surface area contributed by atoms with Crippen LogP contribution in [0.15, 0.2) is 65.1 Å². The molecule has 0 aliphatic rings. The van der Waals surface area contributed by atoms with Crippen molar-refractivity contribution in [1.29, 1.82) is 0 Å². The first-order chi connectivity index (χ1) is 13.9. The van der Waals surface area contributed by atoms with Gasteiger partial charge in [-0.25, -0.2) is 0 Å². The summed E-state index contributed by atoms with van der Waals surface area (Å²) in [5, 5.41) is 7.38. The number of ether oxygens (including phenoxy) is 1. The summed E-state index contributed by atoms with van der Waals surface area (Å²) in [7, 11) is 0. The molecule has 3 rings (SSSR count). The summed E-state index contributed by atoms with van der Waals surface area (Å²) < 4.78 is 6.42. The molecule has 4 nitrogen and oxygen atoms in total. The lowest BCUT2D eigenvalue weighted by Gasteiger charge is -2.12. The lowest BCUT2D eigenvalue weighted by Crippen LogP contribution is -2.20. The Morgan fingerprint density at radius 1 is 1.03 bits per heavy atom. The van der Waals surface area contributed by atoms with E-state index in [-0.39, 0.29) is 12.5 Å². The molecular formula is C22H19BrCl2N2O2. The van der Waals surface area contributed by atoms with E-state index in [0.29, 0.717) is 28.0 Å². The molecule has 1 amide bonds. The van der Waals surface area contributed by atoms with Crippen LogP contribution in [0.4, 0.5) is 11.4 Å². The maximum Gasteiger partial charge on any atom is 0.262 e. The number of benzene rings is 3. The summed E-state index contributed by atoms with van der Waals surface area (Å²) in [5.74, 6) is 0.337. The molecule has 150 valence electrons. The second-order valence-corrected chi connectivity index (χ2v) is 8.15. The first kappa shape index (κ1) is 21.5. The van der Waals surface area contributed by atoms with Gasteiger partial charge in [-0.1, -0.05) is 41.4 Å². The molecule has 2 N–H and O–H groups in total. The van der Waals surface area contributed by atoms with Crippen molar-refractivity contribution in [3.8, 4) is 5.75 Å². The molecule has 0 radical (unpaired) electrons. The Labute approximate surface area is 188 Å². The zero-order chi connectivity index (χ0) is 20.8. The van der Waals surface area contributed by atoms with Crippen LogP contribution < -0.4 is 15.4 Å². The van der Waals surface area contributed by atoms with Crippen molar-refractivity contribution in [2.24, 2.45) is 0 Å². The van der Waals surface area contributed by atoms with E-state index in [9.17, 15) is 4.79 Å². The zero-order valence-corrected chi connectivity index (χ0v) is 18.7. The number of anilines is 2. The molecule has 0 aromatic heterocycles. The smallest absolute Gasteiger partial charge is 0.262 e. The molecule has 0 bridgehead atoms. The quantitative estimate of drug-likeness (QED) is 0.385. The van der Waals surface area contributed by atoms with E-state index in [4.69, 9.17) is 27.9 Å². The Morgan fingerprint density at radius 2 is 1.83 bits per heavy atom. The van der Waals surface area contributed by atoms with Crippen molar-refractivity contribution >= 4 is 56.4 Å². The average Bonchev–Trinajstić information content (AvgIpc) is 2.68. The molecule has 0 fully saturated rings. The molecule has 0 saturated heterocycles. The van der Waals surface area contributed by atoms with Gasteiger partial charge in [-0.2, -0.15) is 0 Å². The Kier molecular flexibility index (Phi) is 7.42. The van der Waals surface area contributed by atoms with Gasteiger partial charge in [-0.3, -0.25) is 4.79 Å². The van der Waals surface area contributed by atoms with Gasteiger partial charge in [0, 0.05) is 28.0 Å². The second-order valence-electron chi connectivity index (χ2n) is 6.42. The fourth-order valence-corrected chi connectivity index (χ4v) is 3.54. The van der Waals surface area contributed by atoms with Crippen LogP contribution in [0.2, 0.25) is 10.0 Å². The van der Waals surface area contributed by atoms with Crippen LogP contribution in [0.25, 0.3) is 0 Å². The molecule has 0 aliphatic carbocycles. The lowest BCUT2D eigenvalue weighted by atomic mass is 10.2. The Hall–Kier alpha value is -2.21. The lowest BCUT2D eigenvalue weighted by molar-refractivity contribution is -0.118. The van der Waals surface area contributed by atoms with Crippen molar-refractivity contribution in [3.63, 3.8) is 0 Å². The SMILES string of the molecule is Cc1ccc(Cl)cc1NC(=O)COc1ccc(CNc2cccc(Cl)c2)cc1Br. The number of carbonyl (C=O) groups excluding carboxylic acids is 1. The van der Waals surface area contributed by atoms with E-state index in [0.717, 1.165) is 21.3 Å². The highest BCUT2D eigenvalue weighted by Crippen LogP contribution is 2.27. The van der Waals surface area contributed by atoms with Crippen LogP contribution in [-0.4, -0.2) is 12.5 Å². The molecule has 0 unspecified atom stereocenters. The normalized spacial score (nSPS) is 10.5. The molecule has 7 heteroatoms. The van der Waals surface area contributed by atoms with E-state index in [1.165, 1.54) is 0 Å². The van der Waals surface area contributed by atoms with Crippen molar-refractivity contribution in [2.45, 2.75) is 13.5 Å². The zero-order valence-electron chi connectivity index (χ0n) is 15.6. The summed E-state index contributed by atoms with van der Waals surface area (Å²) in [6.07, 6.45) is 0. The van der Waals surface area contributed by atoms with Crippen LogP contribution in [0.1, 0.15) is 11.1 Å². The van der Waals surface area contributed by atoms with E-state index in [1.807, 2.05) is 55.5 Å². The molecule has 0 aliphatic heterocycles. The van der Waals surface area contributed by atoms with Crippen LogP contribution in [-0.2, 0) is 11.3 Å². The predicted molar refractivity (Wildman–Crippen MR) is 123 cm³/mol. The standard InChI is InChI=1S/C22H19BrCl2N2O2/c1-14-5-7-17(25)11-20(14)27-22(28)13-29-21-8-6-15(9-19(21)23)12-26-18-4-2-3-16(24)10-18/h2-11,26H,12-13H2,1H3,(H,27,28). The minimum atomic E-state index is -0.256. The van der Waals surface area contributed by atoms with Crippen LogP contribution in [0.5, 0.6) is 5.75 Å². The Balaban J connectivity index is 1.54. The number of hydrogen-bond acceptors (Lipinski definition) is 3. The summed E-state index contributed by atoms with van der Waals surface area (Å²) in [4.78, 5) is 12.2. The van der Waals surface area contributed by atoms with Crippen LogP contribution in [0.3, 0.4) is 0 Å². The second kappa shape index (κ2) is 10.0. The van der Waals surface area contributed by atoms with Gasteiger partial charge >= 0.3 is 0 Å². The van der Waals surface area contributed by atoms with Crippen LogP contribution in [0, 0.1) is 6.92 Å². The highest BCUT2D eigenvalue weighted by atomic mass is 79.9. The van der Waals surface area contributed by atoms with Gasteiger partial charge in [-0.05, 0) is 76.4 Å². The maximum atomic E-state index is 12.2. The highest BCUT2D eigenvalue weighted by Gasteiger charge is 2.09.